The zero-order valence-corrected chi connectivity index (χ0v) is 8.07. The lowest BCUT2D eigenvalue weighted by Gasteiger charge is -2.11. The second-order valence-corrected chi connectivity index (χ2v) is 2.89. The fraction of sp³-hybridized carbons (Fsp3) is 0.222. The van der Waals surface area contributed by atoms with Crippen LogP contribution in [0.25, 0.3) is 0 Å². The van der Waals surface area contributed by atoms with Crippen LogP contribution in [-0.4, -0.2) is 28.4 Å². The maximum absolute atomic E-state index is 13.2. The number of aliphatic hydroxyl groups excluding tert-OH is 1. The number of hydrogen-bond donors (Lipinski definition) is 3. The van der Waals surface area contributed by atoms with Gasteiger partial charge in [-0.2, -0.15) is 4.39 Å². The maximum Gasteiger partial charge on any atom is 0.337 e. The largest absolute Gasteiger partial charge is 0.503 e. The van der Waals surface area contributed by atoms with Gasteiger partial charge in [-0.25, -0.2) is 9.18 Å². The van der Waals surface area contributed by atoms with Crippen molar-refractivity contribution in [3.63, 3.8) is 0 Å². The van der Waals surface area contributed by atoms with E-state index in [-0.39, 0.29) is 0 Å². The van der Waals surface area contributed by atoms with Crippen molar-refractivity contribution in [3.05, 3.63) is 23.3 Å². The van der Waals surface area contributed by atoms with Crippen LogP contribution in [0.5, 0.6) is 11.5 Å². The summed E-state index contributed by atoms with van der Waals surface area (Å²) in [5, 5.41) is 26.5. The van der Waals surface area contributed by atoms with E-state index in [9.17, 15) is 13.6 Å². The Balaban J connectivity index is 3.41. The summed E-state index contributed by atoms with van der Waals surface area (Å²) in [4.78, 5) is 10.4. The van der Waals surface area contributed by atoms with Gasteiger partial charge in [-0.3, -0.25) is 0 Å². The Labute approximate surface area is 88.5 Å². The molecule has 0 radical (unpaired) electrons. The molecule has 5 nitrogen and oxygen atoms in total. The number of carbonyl (C=O) groups is 1. The minimum atomic E-state index is -2.21. The molecule has 0 bridgehead atoms. The molecule has 0 amide bonds. The average molecular weight is 234 g/mol. The number of benzene rings is 1. The Hall–Kier alpha value is -1.89. The van der Waals surface area contributed by atoms with E-state index in [2.05, 4.69) is 4.74 Å². The fourth-order valence-electron chi connectivity index (χ4n) is 1.10. The first-order chi connectivity index (χ1) is 7.40. The van der Waals surface area contributed by atoms with Crippen molar-refractivity contribution in [2.45, 2.75) is 6.10 Å². The van der Waals surface area contributed by atoms with Crippen molar-refractivity contribution in [2.75, 3.05) is 7.11 Å². The van der Waals surface area contributed by atoms with Gasteiger partial charge in [-0.15, -0.1) is 0 Å². The number of aliphatic carboxylic acids is 1. The minimum absolute atomic E-state index is 0.561. The first-order valence-corrected chi connectivity index (χ1v) is 4.05. The number of halogens is 2. The highest BCUT2D eigenvalue weighted by atomic mass is 19.1. The molecule has 0 saturated heterocycles. The van der Waals surface area contributed by atoms with Gasteiger partial charge in [0.15, 0.2) is 23.4 Å². The Kier molecular flexibility index (Phi) is 3.28. The predicted molar refractivity (Wildman–Crippen MR) is 47.2 cm³/mol. The molecule has 1 aromatic carbocycles. The van der Waals surface area contributed by atoms with Gasteiger partial charge in [0.1, 0.15) is 0 Å². The van der Waals surface area contributed by atoms with E-state index in [4.69, 9.17) is 15.3 Å². The summed E-state index contributed by atoms with van der Waals surface area (Å²) in [7, 11) is 1.05. The SMILES string of the molecule is COc1cc(C(O)C(=O)O)c(F)c(O)c1F. The molecule has 0 aromatic heterocycles. The Morgan fingerprint density at radius 3 is 2.44 bits per heavy atom. The molecule has 0 aliphatic heterocycles. The molecule has 0 aliphatic carbocycles. The molecule has 7 heteroatoms. The normalized spacial score (nSPS) is 12.2. The van der Waals surface area contributed by atoms with Crippen molar-refractivity contribution in [2.24, 2.45) is 0 Å². The number of rotatable bonds is 3. The quantitative estimate of drug-likeness (QED) is 0.719. The Bertz CT molecular complexity index is 432. The maximum atomic E-state index is 13.2. The van der Waals surface area contributed by atoms with Crippen LogP contribution in [-0.2, 0) is 4.79 Å². The predicted octanol–water partition coefficient (Wildman–Crippen LogP) is 0.797. The standard InChI is InChI=1S/C9H8F2O5/c1-16-4-2-3(7(12)9(14)15)5(10)8(13)6(4)11/h2,7,12-13H,1H3,(H,14,15). The molecule has 3 N–H and O–H groups in total. The van der Waals surface area contributed by atoms with Gasteiger partial charge in [-0.1, -0.05) is 0 Å². The molecule has 0 fully saturated rings. The second-order valence-electron chi connectivity index (χ2n) is 2.89. The molecular weight excluding hydrogens is 226 g/mol. The molecule has 88 valence electrons. The summed E-state index contributed by atoms with van der Waals surface area (Å²) < 4.78 is 30.7. The highest BCUT2D eigenvalue weighted by Gasteiger charge is 2.26. The number of carboxylic acids is 1. The third-order valence-electron chi connectivity index (χ3n) is 1.92. The first-order valence-electron chi connectivity index (χ1n) is 4.05. The molecular formula is C9H8F2O5. The highest BCUT2D eigenvalue weighted by molar-refractivity contribution is 5.74. The fourth-order valence-corrected chi connectivity index (χ4v) is 1.10. The van der Waals surface area contributed by atoms with Crippen molar-refractivity contribution >= 4 is 5.97 Å². The number of phenols is 1. The smallest absolute Gasteiger partial charge is 0.337 e. The van der Waals surface area contributed by atoms with E-state index in [1.165, 1.54) is 0 Å². The Morgan fingerprint density at radius 2 is 2.00 bits per heavy atom. The third-order valence-corrected chi connectivity index (χ3v) is 1.92. The average Bonchev–Trinajstić information content (AvgIpc) is 2.25. The third kappa shape index (κ3) is 1.89. The molecule has 0 saturated carbocycles. The molecule has 0 heterocycles. The van der Waals surface area contributed by atoms with Crippen LogP contribution < -0.4 is 4.74 Å². The first kappa shape index (κ1) is 12.2. The topological polar surface area (TPSA) is 87.0 Å². The number of methoxy groups -OCH3 is 1. The molecule has 0 spiro atoms. The van der Waals surface area contributed by atoms with Gasteiger partial charge in [0.05, 0.1) is 7.11 Å². The van der Waals surface area contributed by atoms with Gasteiger partial charge in [0, 0.05) is 5.56 Å². The summed E-state index contributed by atoms with van der Waals surface area (Å²) in [6.07, 6.45) is -2.21. The zero-order chi connectivity index (χ0) is 12.5. The number of aliphatic hydroxyl groups is 1. The van der Waals surface area contributed by atoms with Gasteiger partial charge in [-0.05, 0) is 6.07 Å². The summed E-state index contributed by atoms with van der Waals surface area (Å²) >= 11 is 0. The van der Waals surface area contributed by atoms with Gasteiger partial charge >= 0.3 is 5.97 Å². The summed E-state index contributed by atoms with van der Waals surface area (Å²) in [6.45, 7) is 0. The zero-order valence-electron chi connectivity index (χ0n) is 8.07. The number of ether oxygens (including phenoxy) is 1. The van der Waals surface area contributed by atoms with Crippen molar-refractivity contribution in [1.82, 2.24) is 0 Å². The van der Waals surface area contributed by atoms with Crippen LogP contribution in [0.4, 0.5) is 8.78 Å². The molecule has 1 atom stereocenters. The van der Waals surface area contributed by atoms with Crippen molar-refractivity contribution < 1.29 is 33.6 Å². The number of hydrogen-bond acceptors (Lipinski definition) is 4. The minimum Gasteiger partial charge on any atom is -0.503 e. The van der Waals surface area contributed by atoms with Gasteiger partial charge in [0.2, 0.25) is 5.82 Å². The van der Waals surface area contributed by atoms with E-state index in [0.29, 0.717) is 6.07 Å². The molecule has 1 aromatic rings. The van der Waals surface area contributed by atoms with Crippen LogP contribution in [0.2, 0.25) is 0 Å². The highest BCUT2D eigenvalue weighted by Crippen LogP contribution is 2.34. The number of aromatic hydroxyl groups is 1. The van der Waals surface area contributed by atoms with Crippen LogP contribution >= 0.6 is 0 Å². The lowest BCUT2D eigenvalue weighted by molar-refractivity contribution is -0.147. The van der Waals surface area contributed by atoms with E-state index < -0.39 is 40.8 Å². The van der Waals surface area contributed by atoms with Gasteiger partial charge in [0.25, 0.3) is 0 Å². The number of phenolic OH excluding ortho intramolecular Hbond substituents is 1. The van der Waals surface area contributed by atoms with Crippen LogP contribution in [0.3, 0.4) is 0 Å². The summed E-state index contributed by atoms with van der Waals surface area (Å²) in [5.41, 5.74) is -0.775. The molecule has 1 unspecified atom stereocenters. The Morgan fingerprint density at radius 1 is 1.44 bits per heavy atom. The summed E-state index contributed by atoms with van der Waals surface area (Å²) in [5.74, 6) is -6.58. The van der Waals surface area contributed by atoms with Crippen LogP contribution in [0.15, 0.2) is 6.07 Å². The lowest BCUT2D eigenvalue weighted by atomic mass is 10.1. The van der Waals surface area contributed by atoms with Crippen molar-refractivity contribution in [3.8, 4) is 11.5 Å². The monoisotopic (exact) mass is 234 g/mol. The molecule has 16 heavy (non-hydrogen) atoms. The van der Waals surface area contributed by atoms with Crippen molar-refractivity contribution in [1.29, 1.82) is 0 Å². The van der Waals surface area contributed by atoms with E-state index in [1.54, 1.807) is 0 Å². The van der Waals surface area contributed by atoms with Crippen LogP contribution in [0.1, 0.15) is 11.7 Å². The number of carboxylic acid groups (broad SMARTS) is 1. The molecule has 0 aliphatic rings. The van der Waals surface area contributed by atoms with Crippen LogP contribution in [0, 0.1) is 11.6 Å². The summed E-state index contributed by atoms with van der Waals surface area (Å²) in [6, 6.07) is 0.670. The van der Waals surface area contributed by atoms with Gasteiger partial charge < -0.3 is 20.1 Å². The van der Waals surface area contributed by atoms with E-state index in [0.717, 1.165) is 7.11 Å². The van der Waals surface area contributed by atoms with E-state index in [1.807, 2.05) is 0 Å². The van der Waals surface area contributed by atoms with E-state index >= 15 is 0 Å². The lowest BCUT2D eigenvalue weighted by Crippen LogP contribution is -2.13. The second kappa shape index (κ2) is 4.31. The molecule has 1 rings (SSSR count).